The molecule has 3 nitrogen and oxygen atoms in total. The van der Waals surface area contributed by atoms with Crippen LogP contribution in [0.15, 0.2) is 48.5 Å². The number of Topliss-reactive ketones (excluding diaryl/α,β-unsaturated/α-hetero) is 1. The van der Waals surface area contributed by atoms with Crippen molar-refractivity contribution in [1.82, 2.24) is 5.32 Å². The topological polar surface area (TPSA) is 46.2 Å². The molecule has 0 atom stereocenters. The van der Waals surface area contributed by atoms with Gasteiger partial charge in [0.2, 0.25) is 5.91 Å². The monoisotopic (exact) mass is 333 g/mol. The summed E-state index contributed by atoms with van der Waals surface area (Å²) in [6.45, 7) is 0.342. The molecule has 2 aromatic rings. The summed E-state index contributed by atoms with van der Waals surface area (Å²) in [6, 6.07) is 13.0. The van der Waals surface area contributed by atoms with E-state index in [-0.39, 0.29) is 30.3 Å². The van der Waals surface area contributed by atoms with Gasteiger partial charge in [0.05, 0.1) is 0 Å². The van der Waals surface area contributed by atoms with Crippen molar-refractivity contribution in [1.29, 1.82) is 0 Å². The molecule has 0 saturated carbocycles. The van der Waals surface area contributed by atoms with E-state index in [1.54, 1.807) is 42.5 Å². The molecule has 2 aromatic carbocycles. The number of carbonyl (C=O) groups is 2. The van der Waals surface area contributed by atoms with Crippen molar-refractivity contribution in [2.24, 2.45) is 0 Å². The Labute approximate surface area is 139 Å². The Morgan fingerprint density at radius 3 is 2.39 bits per heavy atom. The highest BCUT2D eigenvalue weighted by atomic mass is 35.5. The fraction of sp³-hybridized carbons (Fsp3) is 0.222. The molecule has 0 aliphatic carbocycles. The first-order chi connectivity index (χ1) is 11.1. The molecule has 1 amide bonds. The first-order valence-corrected chi connectivity index (χ1v) is 7.73. The second-order valence-corrected chi connectivity index (χ2v) is 5.56. The van der Waals surface area contributed by atoms with Crippen LogP contribution in [0.4, 0.5) is 4.39 Å². The molecular formula is C18H17ClFNO2. The molecular weight excluding hydrogens is 317 g/mol. The zero-order valence-corrected chi connectivity index (χ0v) is 13.3. The van der Waals surface area contributed by atoms with Gasteiger partial charge in [0, 0.05) is 30.0 Å². The number of amides is 1. The predicted octanol–water partition coefficient (Wildman–Crippen LogP) is 3.80. The van der Waals surface area contributed by atoms with E-state index in [4.69, 9.17) is 11.6 Å². The Hall–Kier alpha value is -2.20. The molecule has 0 heterocycles. The van der Waals surface area contributed by atoms with Gasteiger partial charge in [-0.3, -0.25) is 9.59 Å². The highest BCUT2D eigenvalue weighted by Crippen LogP contribution is 2.12. The molecule has 0 radical (unpaired) electrons. The number of benzene rings is 2. The Morgan fingerprint density at radius 1 is 1.00 bits per heavy atom. The van der Waals surface area contributed by atoms with Crippen LogP contribution in [0.2, 0.25) is 5.02 Å². The third kappa shape index (κ3) is 5.49. The van der Waals surface area contributed by atoms with E-state index in [1.807, 2.05) is 0 Å². The number of carbonyl (C=O) groups excluding carboxylic acids is 2. The molecule has 0 saturated heterocycles. The maximum atomic E-state index is 13.4. The number of nitrogens with one attached hydrogen (secondary N) is 1. The third-order valence-corrected chi connectivity index (χ3v) is 3.67. The van der Waals surface area contributed by atoms with Crippen LogP contribution in [0, 0.1) is 5.82 Å². The van der Waals surface area contributed by atoms with Crippen molar-refractivity contribution in [2.45, 2.75) is 19.3 Å². The molecule has 0 aliphatic rings. The predicted molar refractivity (Wildman–Crippen MR) is 88.1 cm³/mol. The molecule has 2 rings (SSSR count). The summed E-state index contributed by atoms with van der Waals surface area (Å²) in [7, 11) is 0. The second-order valence-electron chi connectivity index (χ2n) is 5.12. The standard InChI is InChI=1S/C18H17ClFNO2/c19-15-7-5-14(6-8-15)17(22)9-10-18(23)21-12-11-13-3-1-2-4-16(13)20/h1-8H,9-12H2,(H,21,23). The van der Waals surface area contributed by atoms with Crippen molar-refractivity contribution >= 4 is 23.3 Å². The van der Waals surface area contributed by atoms with E-state index >= 15 is 0 Å². The Balaban J connectivity index is 1.72. The van der Waals surface area contributed by atoms with Crippen LogP contribution in [0.3, 0.4) is 0 Å². The van der Waals surface area contributed by atoms with Crippen molar-refractivity contribution in [3.05, 3.63) is 70.5 Å². The lowest BCUT2D eigenvalue weighted by Crippen LogP contribution is -2.26. The third-order valence-electron chi connectivity index (χ3n) is 3.42. The van der Waals surface area contributed by atoms with Gasteiger partial charge in [-0.1, -0.05) is 29.8 Å². The summed E-state index contributed by atoms with van der Waals surface area (Å²) in [5.41, 5.74) is 1.10. The van der Waals surface area contributed by atoms with Crippen LogP contribution in [0.1, 0.15) is 28.8 Å². The zero-order chi connectivity index (χ0) is 16.7. The van der Waals surface area contributed by atoms with Gasteiger partial charge in [0.15, 0.2) is 5.78 Å². The summed E-state index contributed by atoms with van der Waals surface area (Å²) in [5.74, 6) is -0.603. The Bertz CT molecular complexity index is 686. The summed E-state index contributed by atoms with van der Waals surface area (Å²) >= 11 is 5.76. The molecule has 0 spiro atoms. The van der Waals surface area contributed by atoms with Crippen LogP contribution >= 0.6 is 11.6 Å². The molecule has 120 valence electrons. The van der Waals surface area contributed by atoms with Gasteiger partial charge in [0.1, 0.15) is 5.82 Å². The number of hydrogen-bond donors (Lipinski definition) is 1. The SMILES string of the molecule is O=C(CCC(=O)c1ccc(Cl)cc1)NCCc1ccccc1F. The van der Waals surface area contributed by atoms with E-state index in [1.165, 1.54) is 6.07 Å². The van der Waals surface area contributed by atoms with E-state index < -0.39 is 0 Å². The van der Waals surface area contributed by atoms with E-state index in [0.717, 1.165) is 0 Å². The lowest BCUT2D eigenvalue weighted by molar-refractivity contribution is -0.121. The van der Waals surface area contributed by atoms with E-state index in [9.17, 15) is 14.0 Å². The lowest BCUT2D eigenvalue weighted by Gasteiger charge is -2.06. The Kier molecular flexibility index (Phi) is 6.29. The normalized spacial score (nSPS) is 10.3. The molecule has 5 heteroatoms. The lowest BCUT2D eigenvalue weighted by atomic mass is 10.1. The number of ketones is 1. The van der Waals surface area contributed by atoms with Gasteiger partial charge in [-0.05, 0) is 42.3 Å². The van der Waals surface area contributed by atoms with Gasteiger partial charge in [-0.2, -0.15) is 0 Å². The van der Waals surface area contributed by atoms with Gasteiger partial charge in [0.25, 0.3) is 0 Å². The molecule has 0 aliphatic heterocycles. The summed E-state index contributed by atoms with van der Waals surface area (Å²) < 4.78 is 13.4. The first kappa shape index (κ1) is 17.2. The number of hydrogen-bond acceptors (Lipinski definition) is 2. The summed E-state index contributed by atoms with van der Waals surface area (Å²) in [5, 5.41) is 3.26. The van der Waals surface area contributed by atoms with E-state index in [2.05, 4.69) is 5.32 Å². The smallest absolute Gasteiger partial charge is 0.220 e. The minimum absolute atomic E-state index is 0.106. The molecule has 0 fully saturated rings. The number of rotatable bonds is 7. The maximum absolute atomic E-state index is 13.4. The zero-order valence-electron chi connectivity index (χ0n) is 12.5. The first-order valence-electron chi connectivity index (χ1n) is 7.35. The fourth-order valence-electron chi connectivity index (χ4n) is 2.13. The van der Waals surface area contributed by atoms with Crippen LogP contribution < -0.4 is 5.32 Å². The van der Waals surface area contributed by atoms with Crippen LogP contribution in [0.5, 0.6) is 0 Å². The number of halogens is 2. The minimum atomic E-state index is -0.278. The van der Waals surface area contributed by atoms with Crippen LogP contribution in [0.25, 0.3) is 0 Å². The van der Waals surface area contributed by atoms with Crippen molar-refractivity contribution in [3.63, 3.8) is 0 Å². The quantitative estimate of drug-likeness (QED) is 0.783. The van der Waals surface area contributed by atoms with Crippen LogP contribution in [-0.4, -0.2) is 18.2 Å². The second kappa shape index (κ2) is 8.44. The van der Waals surface area contributed by atoms with Crippen LogP contribution in [-0.2, 0) is 11.2 Å². The highest BCUT2D eigenvalue weighted by molar-refractivity contribution is 6.30. The van der Waals surface area contributed by atoms with Gasteiger partial charge in [-0.15, -0.1) is 0 Å². The highest BCUT2D eigenvalue weighted by Gasteiger charge is 2.09. The van der Waals surface area contributed by atoms with Crippen molar-refractivity contribution in [2.75, 3.05) is 6.54 Å². The summed E-state index contributed by atoms with van der Waals surface area (Å²) in [4.78, 5) is 23.7. The molecule has 23 heavy (non-hydrogen) atoms. The molecule has 1 N–H and O–H groups in total. The van der Waals surface area contributed by atoms with Gasteiger partial charge < -0.3 is 5.32 Å². The largest absolute Gasteiger partial charge is 0.356 e. The molecule has 0 aromatic heterocycles. The van der Waals surface area contributed by atoms with Crippen molar-refractivity contribution in [3.8, 4) is 0 Å². The van der Waals surface area contributed by atoms with Gasteiger partial charge in [-0.25, -0.2) is 4.39 Å². The average Bonchev–Trinajstić information content (AvgIpc) is 2.55. The average molecular weight is 334 g/mol. The minimum Gasteiger partial charge on any atom is -0.356 e. The molecule has 0 unspecified atom stereocenters. The van der Waals surface area contributed by atoms with Crippen molar-refractivity contribution < 1.29 is 14.0 Å². The fourth-order valence-corrected chi connectivity index (χ4v) is 2.26. The van der Waals surface area contributed by atoms with Gasteiger partial charge >= 0.3 is 0 Å². The summed E-state index contributed by atoms with van der Waals surface area (Å²) in [6.07, 6.45) is 0.662. The Morgan fingerprint density at radius 2 is 1.70 bits per heavy atom. The maximum Gasteiger partial charge on any atom is 0.220 e. The van der Waals surface area contributed by atoms with E-state index in [0.29, 0.717) is 29.1 Å². The molecule has 0 bridgehead atoms.